The highest BCUT2D eigenvalue weighted by atomic mass is 15.0. The van der Waals surface area contributed by atoms with Crippen LogP contribution in [-0.4, -0.2) is 24.1 Å². The van der Waals surface area contributed by atoms with Gasteiger partial charge in [-0.2, -0.15) is 0 Å². The lowest BCUT2D eigenvalue weighted by Crippen LogP contribution is -2.02. The van der Waals surface area contributed by atoms with E-state index in [1.165, 1.54) is 54.2 Å². The summed E-state index contributed by atoms with van der Waals surface area (Å²) in [7, 11) is 0. The van der Waals surface area contributed by atoms with Gasteiger partial charge in [-0.05, 0) is 86.6 Å². The second kappa shape index (κ2) is 15.2. The van der Waals surface area contributed by atoms with Crippen molar-refractivity contribution in [2.75, 3.05) is 0 Å². The zero-order valence-electron chi connectivity index (χ0n) is 36.8. The van der Waals surface area contributed by atoms with Gasteiger partial charge in [0.1, 0.15) is 0 Å². The second-order valence-corrected chi connectivity index (χ2v) is 17.6. The number of fused-ring (bicyclic) bond motifs is 10. The van der Waals surface area contributed by atoms with E-state index in [1.807, 2.05) is 36.4 Å². The molecule has 316 valence electrons. The highest BCUT2D eigenvalue weighted by molar-refractivity contribution is 6.26. The zero-order chi connectivity index (χ0) is 44.7. The molecule has 0 bridgehead atoms. The predicted molar refractivity (Wildman–Crippen MR) is 283 cm³/mol. The van der Waals surface area contributed by atoms with Crippen LogP contribution in [0.1, 0.15) is 0 Å². The van der Waals surface area contributed by atoms with Gasteiger partial charge in [-0.25, -0.2) is 15.0 Å². The maximum Gasteiger partial charge on any atom is 0.164 e. The summed E-state index contributed by atoms with van der Waals surface area (Å²) in [6.45, 7) is 0. The highest BCUT2D eigenvalue weighted by Gasteiger charge is 2.23. The maximum absolute atomic E-state index is 5.19. The first-order valence-electron chi connectivity index (χ1n) is 23.1. The number of benzene rings is 11. The summed E-state index contributed by atoms with van der Waals surface area (Å²) in [6.07, 6.45) is 0. The monoisotopic (exact) mass is 865 g/mol. The van der Waals surface area contributed by atoms with E-state index in [0.717, 1.165) is 61.0 Å². The molecule has 0 atom stereocenters. The SMILES string of the molecule is c1ccc(-c2ccc3c4cc5c6c7ccccc7ccc6n(-c6ccc7ccccc7c6)c5cc4n(-c4ccc(-c5nc(-c6ccccc6)nc(-c6ccccc6)n5)c5ccccc45)c3c2)cc1. The van der Waals surface area contributed by atoms with Crippen LogP contribution in [0.3, 0.4) is 0 Å². The Hall–Kier alpha value is -9.19. The topological polar surface area (TPSA) is 48.5 Å². The summed E-state index contributed by atoms with van der Waals surface area (Å²) in [6, 6.07) is 84.9. The van der Waals surface area contributed by atoms with Gasteiger partial charge in [0, 0.05) is 49.3 Å². The minimum Gasteiger partial charge on any atom is -0.309 e. The van der Waals surface area contributed by atoms with Gasteiger partial charge in [0.15, 0.2) is 17.5 Å². The molecule has 5 heteroatoms. The van der Waals surface area contributed by atoms with Crippen molar-refractivity contribution in [2.45, 2.75) is 0 Å². The summed E-state index contributed by atoms with van der Waals surface area (Å²) >= 11 is 0. The molecule has 0 aliphatic carbocycles. The predicted octanol–water partition coefficient (Wildman–Crippen LogP) is 16.2. The van der Waals surface area contributed by atoms with Crippen LogP contribution in [0.5, 0.6) is 0 Å². The van der Waals surface area contributed by atoms with Crippen molar-refractivity contribution in [3.63, 3.8) is 0 Å². The fraction of sp³-hybridized carbons (Fsp3) is 0. The normalized spacial score (nSPS) is 11.8. The third-order valence-corrected chi connectivity index (χ3v) is 13.7. The molecule has 68 heavy (non-hydrogen) atoms. The van der Waals surface area contributed by atoms with Crippen molar-refractivity contribution in [3.05, 3.63) is 237 Å². The van der Waals surface area contributed by atoms with Crippen LogP contribution in [0.15, 0.2) is 237 Å². The average Bonchev–Trinajstić information content (AvgIpc) is 3.91. The van der Waals surface area contributed by atoms with Crippen LogP contribution < -0.4 is 0 Å². The third kappa shape index (κ3) is 5.99. The first-order valence-corrected chi connectivity index (χ1v) is 23.1. The number of rotatable bonds is 6. The standard InChI is InChI=1S/C63H39N5/c1-4-16-40(17-5-1)46-29-32-51-53-38-54-59(67(47-31-28-41-18-10-11-24-45(41)36-47)56-34-30-42-19-12-13-25-48(42)60(54)56)39-58(53)68(57(51)37-46)55-35-33-52(49-26-14-15-27-50(49)55)63-65-61(43-20-6-2-7-21-43)64-62(66-63)44-22-8-3-9-23-44/h1-39H. The Morgan fingerprint density at radius 1 is 0.265 bits per heavy atom. The van der Waals surface area contributed by atoms with Crippen LogP contribution in [0.4, 0.5) is 0 Å². The van der Waals surface area contributed by atoms with Gasteiger partial charge >= 0.3 is 0 Å². The van der Waals surface area contributed by atoms with Crippen molar-refractivity contribution in [1.29, 1.82) is 0 Å². The lowest BCUT2D eigenvalue weighted by atomic mass is 10.0. The van der Waals surface area contributed by atoms with E-state index in [1.54, 1.807) is 0 Å². The minimum atomic E-state index is 0.628. The molecule has 0 aliphatic rings. The maximum atomic E-state index is 5.19. The van der Waals surface area contributed by atoms with Crippen LogP contribution in [0.2, 0.25) is 0 Å². The summed E-state index contributed by atoms with van der Waals surface area (Å²) in [5.41, 5.74) is 12.0. The Morgan fingerprint density at radius 3 is 1.57 bits per heavy atom. The summed E-state index contributed by atoms with van der Waals surface area (Å²) in [5, 5.41) is 11.9. The van der Waals surface area contributed by atoms with E-state index in [9.17, 15) is 0 Å². The average molecular weight is 866 g/mol. The molecule has 0 saturated carbocycles. The Balaban J connectivity index is 1.08. The van der Waals surface area contributed by atoms with Crippen LogP contribution in [0, 0.1) is 0 Å². The van der Waals surface area contributed by atoms with Gasteiger partial charge in [0.25, 0.3) is 0 Å². The molecule has 0 amide bonds. The fourth-order valence-corrected chi connectivity index (χ4v) is 10.6. The molecule has 3 heterocycles. The largest absolute Gasteiger partial charge is 0.309 e. The van der Waals surface area contributed by atoms with Crippen LogP contribution >= 0.6 is 0 Å². The molecule has 5 nitrogen and oxygen atoms in total. The zero-order valence-corrected chi connectivity index (χ0v) is 36.8. The minimum absolute atomic E-state index is 0.628. The number of hydrogen-bond acceptors (Lipinski definition) is 3. The summed E-state index contributed by atoms with van der Waals surface area (Å²) < 4.78 is 4.96. The smallest absolute Gasteiger partial charge is 0.164 e. The van der Waals surface area contributed by atoms with E-state index < -0.39 is 0 Å². The van der Waals surface area contributed by atoms with Gasteiger partial charge in [-0.1, -0.05) is 188 Å². The van der Waals surface area contributed by atoms with Crippen molar-refractivity contribution in [1.82, 2.24) is 24.1 Å². The molecule has 3 aromatic heterocycles. The van der Waals surface area contributed by atoms with Crippen molar-refractivity contribution in [2.24, 2.45) is 0 Å². The molecule has 0 spiro atoms. The summed E-state index contributed by atoms with van der Waals surface area (Å²) in [4.78, 5) is 15.4. The molecular weight excluding hydrogens is 827 g/mol. The van der Waals surface area contributed by atoms with Gasteiger partial charge in [-0.15, -0.1) is 0 Å². The van der Waals surface area contributed by atoms with Crippen LogP contribution in [0.25, 0.3) is 133 Å². The number of hydrogen-bond donors (Lipinski definition) is 0. The van der Waals surface area contributed by atoms with Crippen molar-refractivity contribution in [3.8, 4) is 56.7 Å². The third-order valence-electron chi connectivity index (χ3n) is 13.7. The fourth-order valence-electron chi connectivity index (χ4n) is 10.6. The molecule has 0 aliphatic heterocycles. The Bertz CT molecular complexity index is 4250. The lowest BCUT2D eigenvalue weighted by Gasteiger charge is -2.16. The van der Waals surface area contributed by atoms with Gasteiger partial charge in [0.05, 0.1) is 27.8 Å². The molecule has 11 aromatic carbocycles. The second-order valence-electron chi connectivity index (χ2n) is 17.6. The number of aromatic nitrogens is 5. The molecule has 0 fully saturated rings. The van der Waals surface area contributed by atoms with Gasteiger partial charge in [0.2, 0.25) is 0 Å². The number of nitrogens with zero attached hydrogens (tertiary/aromatic N) is 5. The Morgan fingerprint density at radius 2 is 0.838 bits per heavy atom. The molecule has 14 aromatic rings. The molecule has 0 unspecified atom stereocenters. The van der Waals surface area contributed by atoms with Crippen molar-refractivity contribution >= 4 is 75.9 Å². The van der Waals surface area contributed by atoms with Gasteiger partial charge < -0.3 is 9.13 Å². The van der Waals surface area contributed by atoms with E-state index >= 15 is 0 Å². The highest BCUT2D eigenvalue weighted by Crippen LogP contribution is 2.44. The first-order chi connectivity index (χ1) is 33.7. The molecule has 0 radical (unpaired) electrons. The first kappa shape index (κ1) is 38.1. The summed E-state index contributed by atoms with van der Waals surface area (Å²) in [5.74, 6) is 1.90. The Labute approximate surface area is 391 Å². The van der Waals surface area contributed by atoms with Gasteiger partial charge in [-0.3, -0.25) is 0 Å². The molecule has 0 N–H and O–H groups in total. The van der Waals surface area contributed by atoms with E-state index in [0.29, 0.717) is 17.5 Å². The van der Waals surface area contributed by atoms with Crippen LogP contribution in [-0.2, 0) is 0 Å². The van der Waals surface area contributed by atoms with E-state index in [2.05, 4.69) is 209 Å². The molecule has 0 saturated heterocycles. The van der Waals surface area contributed by atoms with E-state index in [4.69, 9.17) is 15.0 Å². The molecule has 14 rings (SSSR count). The quantitative estimate of drug-likeness (QED) is 0.167. The van der Waals surface area contributed by atoms with Crippen molar-refractivity contribution < 1.29 is 0 Å². The lowest BCUT2D eigenvalue weighted by molar-refractivity contribution is 1.08. The Kier molecular flexibility index (Phi) is 8.52. The van der Waals surface area contributed by atoms with E-state index in [-0.39, 0.29) is 0 Å². The molecular formula is C63H39N5.